The molecule has 31 heavy (non-hydrogen) atoms. The van der Waals surface area contributed by atoms with Crippen LogP contribution >= 0.6 is 0 Å². The minimum Gasteiger partial charge on any atom is -0.496 e. The molecule has 162 valence electrons. The predicted octanol–water partition coefficient (Wildman–Crippen LogP) is 4.29. The van der Waals surface area contributed by atoms with Crippen molar-refractivity contribution in [3.63, 3.8) is 0 Å². The summed E-state index contributed by atoms with van der Waals surface area (Å²) in [6, 6.07) is 18.6. The van der Waals surface area contributed by atoms with E-state index in [1.807, 2.05) is 26.0 Å². The Morgan fingerprint density at radius 2 is 1.61 bits per heavy atom. The molecule has 0 unspecified atom stereocenters. The summed E-state index contributed by atoms with van der Waals surface area (Å²) in [5.74, 6) is 0.516. The van der Waals surface area contributed by atoms with Crippen LogP contribution < -0.4 is 13.8 Å². The van der Waals surface area contributed by atoms with E-state index >= 15 is 0 Å². The zero-order valence-corrected chi connectivity index (χ0v) is 18.8. The highest BCUT2D eigenvalue weighted by molar-refractivity contribution is 7.92. The molecule has 6 nitrogen and oxygen atoms in total. The third-order valence-electron chi connectivity index (χ3n) is 5.10. The van der Waals surface area contributed by atoms with Crippen LogP contribution in [0.25, 0.3) is 0 Å². The van der Waals surface area contributed by atoms with E-state index in [-0.39, 0.29) is 11.3 Å². The number of benzene rings is 3. The maximum Gasteiger partial charge on any atom is 0.315 e. The minimum atomic E-state index is -3.70. The molecule has 0 saturated heterocycles. The van der Waals surface area contributed by atoms with Crippen LogP contribution in [0.1, 0.15) is 16.7 Å². The lowest BCUT2D eigenvalue weighted by Crippen LogP contribution is -2.26. The van der Waals surface area contributed by atoms with Gasteiger partial charge in [0.25, 0.3) is 10.0 Å². The zero-order valence-electron chi connectivity index (χ0n) is 18.0. The number of aryl methyl sites for hydroxylation is 2. The Hall–Kier alpha value is -3.32. The lowest BCUT2D eigenvalue weighted by atomic mass is 10.1. The molecule has 0 bridgehead atoms. The Balaban J connectivity index is 1.71. The minimum absolute atomic E-state index is 0.0623. The summed E-state index contributed by atoms with van der Waals surface area (Å²) >= 11 is 0. The topological polar surface area (TPSA) is 72.9 Å². The van der Waals surface area contributed by atoms with Crippen LogP contribution in [0.3, 0.4) is 0 Å². The number of carbonyl (C=O) groups is 1. The van der Waals surface area contributed by atoms with Crippen LogP contribution in [-0.4, -0.2) is 28.5 Å². The summed E-state index contributed by atoms with van der Waals surface area (Å²) < 4.78 is 37.7. The molecule has 0 atom stereocenters. The number of hydrogen-bond acceptors (Lipinski definition) is 5. The van der Waals surface area contributed by atoms with E-state index in [0.29, 0.717) is 17.2 Å². The van der Waals surface area contributed by atoms with Crippen molar-refractivity contribution in [2.45, 2.75) is 25.2 Å². The average molecular weight is 440 g/mol. The number of methoxy groups -OCH3 is 1. The molecule has 3 rings (SSSR count). The van der Waals surface area contributed by atoms with Crippen molar-refractivity contribution in [2.75, 3.05) is 18.5 Å². The second kappa shape index (κ2) is 9.22. The summed E-state index contributed by atoms with van der Waals surface area (Å²) in [6.45, 7) is 3.81. The summed E-state index contributed by atoms with van der Waals surface area (Å²) in [5, 5.41) is 0. The summed E-state index contributed by atoms with van der Waals surface area (Å²) in [7, 11) is -0.664. The quantitative estimate of drug-likeness (QED) is 0.406. The van der Waals surface area contributed by atoms with E-state index in [4.69, 9.17) is 9.47 Å². The van der Waals surface area contributed by atoms with Crippen LogP contribution in [0.4, 0.5) is 5.69 Å². The van der Waals surface area contributed by atoms with Gasteiger partial charge in [-0.2, -0.15) is 0 Å². The second-order valence-electron chi connectivity index (χ2n) is 7.18. The standard InChI is InChI=1S/C24H25NO5S/c1-17-9-14-22(15-18(17)2)31(27,28)25(3)20-10-12-21(13-11-20)30-24(26)16-19-7-5-6-8-23(19)29-4/h5-15H,16H2,1-4H3. The van der Waals surface area contributed by atoms with Gasteiger partial charge in [-0.25, -0.2) is 8.42 Å². The fourth-order valence-electron chi connectivity index (χ4n) is 3.07. The van der Waals surface area contributed by atoms with Crippen LogP contribution in [0.5, 0.6) is 11.5 Å². The van der Waals surface area contributed by atoms with Gasteiger partial charge < -0.3 is 9.47 Å². The number of sulfonamides is 1. The fraction of sp³-hybridized carbons (Fsp3) is 0.208. The van der Waals surface area contributed by atoms with Crippen molar-refractivity contribution < 1.29 is 22.7 Å². The molecular formula is C24H25NO5S. The van der Waals surface area contributed by atoms with E-state index in [0.717, 1.165) is 16.7 Å². The van der Waals surface area contributed by atoms with Gasteiger partial charge in [0, 0.05) is 12.6 Å². The Bertz CT molecular complexity index is 1190. The number of carbonyl (C=O) groups excluding carboxylic acids is 1. The molecule has 0 radical (unpaired) electrons. The van der Waals surface area contributed by atoms with Crippen molar-refractivity contribution in [1.29, 1.82) is 0 Å². The van der Waals surface area contributed by atoms with E-state index in [1.165, 1.54) is 11.4 Å². The lowest BCUT2D eigenvalue weighted by molar-refractivity contribution is -0.133. The second-order valence-corrected chi connectivity index (χ2v) is 9.14. The zero-order chi connectivity index (χ0) is 22.6. The molecular weight excluding hydrogens is 414 g/mol. The molecule has 0 N–H and O–H groups in total. The van der Waals surface area contributed by atoms with Crippen LogP contribution in [0.15, 0.2) is 71.6 Å². The third kappa shape index (κ3) is 5.06. The van der Waals surface area contributed by atoms with Crippen LogP contribution in [0, 0.1) is 13.8 Å². The number of rotatable bonds is 7. The van der Waals surface area contributed by atoms with Gasteiger partial charge in [0.2, 0.25) is 0 Å². The first-order valence-corrected chi connectivity index (χ1v) is 11.1. The van der Waals surface area contributed by atoms with Gasteiger partial charge in [0.05, 0.1) is 24.1 Å². The van der Waals surface area contributed by atoms with Gasteiger partial charge in [-0.05, 0) is 67.4 Å². The first-order valence-electron chi connectivity index (χ1n) is 9.71. The molecule has 3 aromatic rings. The fourth-order valence-corrected chi connectivity index (χ4v) is 4.35. The third-order valence-corrected chi connectivity index (χ3v) is 6.88. The van der Waals surface area contributed by atoms with E-state index < -0.39 is 16.0 Å². The Morgan fingerprint density at radius 1 is 0.935 bits per heavy atom. The smallest absolute Gasteiger partial charge is 0.315 e. The van der Waals surface area contributed by atoms with Gasteiger partial charge in [-0.15, -0.1) is 0 Å². The van der Waals surface area contributed by atoms with Gasteiger partial charge in [-0.3, -0.25) is 9.10 Å². The van der Waals surface area contributed by atoms with E-state index in [2.05, 4.69) is 0 Å². The largest absolute Gasteiger partial charge is 0.496 e. The normalized spacial score (nSPS) is 11.1. The predicted molar refractivity (Wildman–Crippen MR) is 120 cm³/mol. The van der Waals surface area contributed by atoms with Gasteiger partial charge in [0.15, 0.2) is 0 Å². The molecule has 0 aliphatic rings. The number of nitrogens with zero attached hydrogens (tertiary/aromatic N) is 1. The van der Waals surface area contributed by atoms with Crippen molar-refractivity contribution in [1.82, 2.24) is 0 Å². The maximum atomic E-state index is 13.0. The molecule has 0 aliphatic heterocycles. The highest BCUT2D eigenvalue weighted by Gasteiger charge is 2.22. The molecule has 0 amide bonds. The van der Waals surface area contributed by atoms with Crippen molar-refractivity contribution >= 4 is 21.7 Å². The molecule has 0 saturated carbocycles. The highest BCUT2D eigenvalue weighted by Crippen LogP contribution is 2.26. The molecule has 7 heteroatoms. The summed E-state index contributed by atoms with van der Waals surface area (Å²) in [6.07, 6.45) is 0.0623. The Kier molecular flexibility index (Phi) is 6.65. The molecule has 3 aromatic carbocycles. The first-order chi connectivity index (χ1) is 14.7. The first kappa shape index (κ1) is 22.4. The molecule has 0 aromatic heterocycles. The number of anilines is 1. The van der Waals surface area contributed by atoms with Gasteiger partial charge in [-0.1, -0.05) is 24.3 Å². The monoisotopic (exact) mass is 439 g/mol. The van der Waals surface area contributed by atoms with Crippen molar-refractivity contribution in [3.05, 3.63) is 83.4 Å². The number of ether oxygens (including phenoxy) is 2. The number of esters is 1. The lowest BCUT2D eigenvalue weighted by Gasteiger charge is -2.20. The van der Waals surface area contributed by atoms with E-state index in [1.54, 1.807) is 61.7 Å². The summed E-state index contributed by atoms with van der Waals surface area (Å²) in [4.78, 5) is 12.5. The molecule has 0 aliphatic carbocycles. The summed E-state index contributed by atoms with van der Waals surface area (Å²) in [5.41, 5.74) is 3.13. The number of hydrogen-bond donors (Lipinski definition) is 0. The molecule has 0 spiro atoms. The molecule has 0 fully saturated rings. The van der Waals surface area contributed by atoms with Crippen molar-refractivity contribution in [3.8, 4) is 11.5 Å². The Labute approximate surface area is 183 Å². The SMILES string of the molecule is COc1ccccc1CC(=O)Oc1ccc(N(C)S(=O)(=O)c2ccc(C)c(C)c2)cc1. The van der Waals surface area contributed by atoms with Gasteiger partial charge in [0.1, 0.15) is 11.5 Å². The van der Waals surface area contributed by atoms with Crippen molar-refractivity contribution in [2.24, 2.45) is 0 Å². The maximum absolute atomic E-state index is 13.0. The average Bonchev–Trinajstić information content (AvgIpc) is 2.76. The Morgan fingerprint density at radius 3 is 2.26 bits per heavy atom. The number of para-hydroxylation sites is 1. The van der Waals surface area contributed by atoms with Crippen LogP contribution in [0.2, 0.25) is 0 Å². The van der Waals surface area contributed by atoms with Crippen LogP contribution in [-0.2, 0) is 21.2 Å². The molecule has 0 heterocycles. The highest BCUT2D eigenvalue weighted by atomic mass is 32.2. The van der Waals surface area contributed by atoms with Gasteiger partial charge >= 0.3 is 5.97 Å². The van der Waals surface area contributed by atoms with E-state index in [9.17, 15) is 13.2 Å².